The first kappa shape index (κ1) is 15.0. The van der Waals surface area contributed by atoms with E-state index in [1.807, 2.05) is 3.28 Å². The van der Waals surface area contributed by atoms with Crippen molar-refractivity contribution >= 4 is 5.92 Å². The van der Waals surface area contributed by atoms with Crippen LogP contribution in [0.25, 0.3) is 0 Å². The molecule has 0 aromatic carbocycles. The summed E-state index contributed by atoms with van der Waals surface area (Å²) in [5.74, 6) is -0.598. The van der Waals surface area contributed by atoms with E-state index < -0.39 is 22.4 Å². The van der Waals surface area contributed by atoms with E-state index in [9.17, 15) is 0 Å². The van der Waals surface area contributed by atoms with Gasteiger partial charge in [0.15, 0.2) is 0 Å². The van der Waals surface area contributed by atoms with Crippen LogP contribution < -0.4 is 0 Å². The van der Waals surface area contributed by atoms with Gasteiger partial charge in [0.25, 0.3) is 0 Å². The zero-order valence-corrected chi connectivity index (χ0v) is 17.3. The van der Waals surface area contributed by atoms with E-state index in [0.29, 0.717) is 0 Å². The van der Waals surface area contributed by atoms with Crippen LogP contribution in [-0.4, -0.2) is 5.92 Å². The van der Waals surface area contributed by atoms with Crippen molar-refractivity contribution in [3.8, 4) is 0 Å². The summed E-state index contributed by atoms with van der Waals surface area (Å²) in [5.41, 5.74) is 3.24. The van der Waals surface area contributed by atoms with Crippen LogP contribution in [0.15, 0.2) is 44.8 Å². The van der Waals surface area contributed by atoms with Gasteiger partial charge in [0.1, 0.15) is 0 Å². The third kappa shape index (κ3) is 2.28. The molecular weight excluding hydrogens is 336 g/mol. The Labute approximate surface area is 123 Å². The second-order valence-corrected chi connectivity index (χ2v) is 61.6. The Balaban J connectivity index is 2.11. The van der Waals surface area contributed by atoms with Crippen molar-refractivity contribution < 1.29 is 16.5 Å². The molecule has 0 saturated carbocycles. The van der Waals surface area contributed by atoms with Gasteiger partial charge in [-0.2, -0.15) is 0 Å². The number of rotatable bonds is 3. The van der Waals surface area contributed by atoms with Gasteiger partial charge < -0.3 is 0 Å². The zero-order valence-electron chi connectivity index (χ0n) is 13.7. The van der Waals surface area contributed by atoms with Crippen molar-refractivity contribution in [3.05, 3.63) is 44.8 Å². The SMILES string of the molecule is [CH3][Zr]([CH3])([CH3])([CH3])([C]1=C(C2=CC=CC2)C=CC1)[SiH]1CCCC1. The normalized spacial score (nSPS) is 27.1. The molecule has 0 aromatic rings. The van der Waals surface area contributed by atoms with Gasteiger partial charge in [-0.05, 0) is 0 Å². The summed E-state index contributed by atoms with van der Waals surface area (Å²) in [7, 11) is 0. The van der Waals surface area contributed by atoms with E-state index >= 15 is 0 Å². The second-order valence-electron chi connectivity index (χ2n) is 10.1. The third-order valence-corrected chi connectivity index (χ3v) is 53.9. The van der Waals surface area contributed by atoms with E-state index in [4.69, 9.17) is 0 Å². The Morgan fingerprint density at radius 2 is 1.65 bits per heavy atom. The predicted molar refractivity (Wildman–Crippen MR) is 92.1 cm³/mol. The molecule has 2 aliphatic carbocycles. The van der Waals surface area contributed by atoms with Gasteiger partial charge in [-0.15, -0.1) is 0 Å². The summed E-state index contributed by atoms with van der Waals surface area (Å²) in [6.45, 7) is 0. The van der Waals surface area contributed by atoms with Crippen molar-refractivity contribution in [3.63, 3.8) is 0 Å². The van der Waals surface area contributed by atoms with E-state index in [1.165, 1.54) is 19.3 Å². The van der Waals surface area contributed by atoms with Crippen molar-refractivity contribution in [2.45, 2.75) is 56.3 Å². The first-order valence-electron chi connectivity index (χ1n) is 8.46. The molecule has 3 aliphatic rings. The van der Waals surface area contributed by atoms with Crippen molar-refractivity contribution in [1.82, 2.24) is 0 Å². The standard InChI is InChI=1S/C10H9.C4H9Si.4CH3.Zr/c1-2-6-9(5-1)10-7-3-4-8-10;1-2-4-5-3-1;;;;;/h1-3,5,7H,4,6H2;5H,1-4H2;4*1H3;. The van der Waals surface area contributed by atoms with E-state index in [1.54, 1.807) is 23.2 Å². The predicted octanol–water partition coefficient (Wildman–Crippen LogP) is 6.02. The Kier molecular flexibility index (Phi) is 3.21. The van der Waals surface area contributed by atoms with Gasteiger partial charge in [0.05, 0.1) is 0 Å². The Hall–Kier alpha value is 0.0600. The van der Waals surface area contributed by atoms with Gasteiger partial charge >= 0.3 is 123 Å². The molecule has 0 spiro atoms. The Morgan fingerprint density at radius 1 is 0.950 bits per heavy atom. The Morgan fingerprint density at radius 3 is 2.25 bits per heavy atom. The Bertz CT molecular complexity index is 559. The number of hydrogen-bond acceptors (Lipinski definition) is 0. The summed E-state index contributed by atoms with van der Waals surface area (Å²) in [6, 6.07) is 3.23. The number of hydrogen-bond donors (Lipinski definition) is 0. The maximum atomic E-state index is 2.79. The molecule has 0 radical (unpaired) electrons. The molecule has 0 bridgehead atoms. The summed E-state index contributed by atoms with van der Waals surface area (Å²) < 4.78 is 13.1. The molecule has 2 heteroatoms. The molecule has 0 N–H and O–H groups in total. The quantitative estimate of drug-likeness (QED) is 0.536. The van der Waals surface area contributed by atoms with Gasteiger partial charge in [0, 0.05) is 0 Å². The molecule has 110 valence electrons. The fraction of sp³-hybridized carbons (Fsp3) is 0.556. The van der Waals surface area contributed by atoms with E-state index in [-0.39, 0.29) is 0 Å². The van der Waals surface area contributed by atoms with Crippen LogP contribution in [-0.2, 0) is 16.5 Å². The monoisotopic (exact) mass is 364 g/mol. The van der Waals surface area contributed by atoms with Crippen LogP contribution in [0.4, 0.5) is 0 Å². The maximum absolute atomic E-state index is 3.16. The molecular formula is C18H30SiZr. The molecule has 0 nitrogen and oxygen atoms in total. The second kappa shape index (κ2) is 4.29. The first-order valence-corrected chi connectivity index (χ1v) is 26.0. The summed E-state index contributed by atoms with van der Waals surface area (Å²) in [6.07, 6.45) is 17.3. The van der Waals surface area contributed by atoms with Crippen molar-refractivity contribution in [2.24, 2.45) is 0 Å². The molecule has 0 aromatic heterocycles. The topological polar surface area (TPSA) is 0 Å². The summed E-state index contributed by atoms with van der Waals surface area (Å²) in [4.78, 5) is 0. The molecule has 3 rings (SSSR count). The minimum absolute atomic E-state index is 0.598. The molecule has 0 amide bonds. The molecule has 1 saturated heterocycles. The van der Waals surface area contributed by atoms with Crippen LogP contribution in [0, 0.1) is 0 Å². The molecule has 1 heterocycles. The van der Waals surface area contributed by atoms with Crippen LogP contribution in [0.2, 0.25) is 30.6 Å². The first-order chi connectivity index (χ1) is 9.22. The molecule has 20 heavy (non-hydrogen) atoms. The van der Waals surface area contributed by atoms with Crippen LogP contribution >= 0.6 is 0 Å². The van der Waals surface area contributed by atoms with Gasteiger partial charge in [-0.3, -0.25) is 0 Å². The molecule has 1 fully saturated rings. The average molecular weight is 366 g/mol. The zero-order chi connectivity index (χ0) is 14.5. The van der Waals surface area contributed by atoms with E-state index in [2.05, 4.69) is 48.9 Å². The van der Waals surface area contributed by atoms with Crippen LogP contribution in [0.3, 0.4) is 0 Å². The van der Waals surface area contributed by atoms with Crippen molar-refractivity contribution in [1.29, 1.82) is 0 Å². The van der Waals surface area contributed by atoms with Gasteiger partial charge in [-0.25, -0.2) is 0 Å². The molecule has 1 aliphatic heterocycles. The fourth-order valence-corrected chi connectivity index (χ4v) is 43.6. The van der Waals surface area contributed by atoms with Gasteiger partial charge in [-0.1, -0.05) is 0 Å². The average Bonchev–Trinajstić information content (AvgIpc) is 3.11. The minimum atomic E-state index is -3.16. The summed E-state index contributed by atoms with van der Waals surface area (Å²) in [5, 5.41) is 0. The van der Waals surface area contributed by atoms with Crippen LogP contribution in [0.5, 0.6) is 0 Å². The summed E-state index contributed by atoms with van der Waals surface area (Å²) >= 11 is -3.16. The number of allylic oxidation sites excluding steroid dienone is 8. The molecule has 0 unspecified atom stereocenters. The fourth-order valence-electron chi connectivity index (χ4n) is 5.01. The molecule has 0 atom stereocenters. The van der Waals surface area contributed by atoms with Crippen molar-refractivity contribution in [2.75, 3.05) is 0 Å². The van der Waals surface area contributed by atoms with Gasteiger partial charge in [0.2, 0.25) is 0 Å². The van der Waals surface area contributed by atoms with E-state index in [0.717, 1.165) is 6.42 Å². The van der Waals surface area contributed by atoms with Crippen LogP contribution in [0.1, 0.15) is 25.7 Å². The third-order valence-electron chi connectivity index (χ3n) is 6.62.